The highest BCUT2D eigenvalue weighted by Gasteiger charge is 2.24. The summed E-state index contributed by atoms with van der Waals surface area (Å²) in [5, 5.41) is 3.51. The number of hydrogen-bond acceptors (Lipinski definition) is 4. The number of nitrogens with zero attached hydrogens (tertiary/aromatic N) is 3. The summed E-state index contributed by atoms with van der Waals surface area (Å²) in [7, 11) is 3.64. The maximum atomic E-state index is 5.83. The van der Waals surface area contributed by atoms with Crippen LogP contribution in [0.15, 0.2) is 29.3 Å². The van der Waals surface area contributed by atoms with Crippen molar-refractivity contribution in [3.05, 3.63) is 35.4 Å². The molecule has 3 unspecified atom stereocenters. The molecule has 156 valence electrons. The average molecular weight is 389 g/mol. The van der Waals surface area contributed by atoms with Crippen LogP contribution in [0, 0.1) is 5.92 Å². The first-order valence-electron chi connectivity index (χ1n) is 10.5. The van der Waals surface area contributed by atoms with Crippen molar-refractivity contribution in [1.82, 2.24) is 15.1 Å². The molecule has 0 amide bonds. The van der Waals surface area contributed by atoms with Crippen LogP contribution < -0.4 is 5.32 Å². The van der Waals surface area contributed by atoms with Crippen LogP contribution in [0.1, 0.15) is 31.4 Å². The fourth-order valence-corrected chi connectivity index (χ4v) is 4.34. The number of nitrogens with one attached hydrogen (secondary N) is 1. The second kappa shape index (κ2) is 10.2. The highest BCUT2D eigenvalue weighted by molar-refractivity contribution is 5.80. The summed E-state index contributed by atoms with van der Waals surface area (Å²) in [5.74, 6) is 1.59. The van der Waals surface area contributed by atoms with Crippen molar-refractivity contribution in [3.8, 4) is 0 Å². The molecule has 0 aromatic heterocycles. The largest absolute Gasteiger partial charge is 0.384 e. The van der Waals surface area contributed by atoms with E-state index in [2.05, 4.69) is 58.2 Å². The molecule has 1 aromatic carbocycles. The first-order chi connectivity index (χ1) is 13.6. The third-order valence-electron chi connectivity index (χ3n) is 5.57. The molecule has 0 radical (unpaired) electrons. The fraction of sp³-hybridized carbons (Fsp3) is 0.682. The molecule has 6 heteroatoms. The lowest BCUT2D eigenvalue weighted by Gasteiger charge is -2.35. The van der Waals surface area contributed by atoms with Gasteiger partial charge in [0, 0.05) is 59.3 Å². The van der Waals surface area contributed by atoms with Gasteiger partial charge in [-0.2, -0.15) is 0 Å². The number of aliphatic imine (C=N–C) groups is 1. The van der Waals surface area contributed by atoms with E-state index in [-0.39, 0.29) is 0 Å². The van der Waals surface area contributed by atoms with Crippen LogP contribution >= 0.6 is 0 Å². The number of guanidine groups is 1. The van der Waals surface area contributed by atoms with Gasteiger partial charge in [-0.05, 0) is 31.4 Å². The van der Waals surface area contributed by atoms with Gasteiger partial charge >= 0.3 is 0 Å². The number of methoxy groups -OCH3 is 1. The zero-order valence-corrected chi connectivity index (χ0v) is 17.9. The summed E-state index contributed by atoms with van der Waals surface area (Å²) in [5.41, 5.74) is 2.64. The summed E-state index contributed by atoms with van der Waals surface area (Å²) >= 11 is 0. The van der Waals surface area contributed by atoms with Gasteiger partial charge < -0.3 is 19.7 Å². The Kier molecular flexibility index (Phi) is 7.71. The van der Waals surface area contributed by atoms with Crippen molar-refractivity contribution in [1.29, 1.82) is 0 Å². The van der Waals surface area contributed by atoms with Gasteiger partial charge in [0.2, 0.25) is 0 Å². The Labute approximate surface area is 169 Å². The summed E-state index contributed by atoms with van der Waals surface area (Å²) in [4.78, 5) is 9.28. The molecule has 0 saturated carbocycles. The van der Waals surface area contributed by atoms with E-state index in [0.717, 1.165) is 51.8 Å². The third kappa shape index (κ3) is 5.93. The first kappa shape index (κ1) is 21.1. The zero-order valence-electron chi connectivity index (χ0n) is 17.9. The van der Waals surface area contributed by atoms with Gasteiger partial charge in [0.15, 0.2) is 5.96 Å². The molecule has 0 spiro atoms. The van der Waals surface area contributed by atoms with Crippen LogP contribution in [0.4, 0.5) is 0 Å². The smallest absolute Gasteiger partial charge is 0.193 e. The molecule has 3 rings (SSSR count). The first-order valence-corrected chi connectivity index (χ1v) is 10.5. The molecule has 1 N–H and O–H groups in total. The monoisotopic (exact) mass is 388 g/mol. The Hall–Kier alpha value is -1.63. The van der Waals surface area contributed by atoms with Crippen LogP contribution in [0.5, 0.6) is 0 Å². The maximum Gasteiger partial charge on any atom is 0.193 e. The van der Waals surface area contributed by atoms with Gasteiger partial charge in [-0.3, -0.25) is 9.89 Å². The van der Waals surface area contributed by atoms with Crippen molar-refractivity contribution < 1.29 is 9.47 Å². The molecule has 0 bridgehead atoms. The van der Waals surface area contributed by atoms with Crippen molar-refractivity contribution in [3.63, 3.8) is 0 Å². The number of ether oxygens (including phenoxy) is 2. The molecule has 2 aliphatic rings. The van der Waals surface area contributed by atoms with E-state index in [4.69, 9.17) is 9.47 Å². The van der Waals surface area contributed by atoms with Crippen LogP contribution in [-0.4, -0.2) is 74.9 Å². The Morgan fingerprint density at radius 1 is 1.14 bits per heavy atom. The SMILES string of the molecule is CN=C(NCc1ccc(CN2CC(C)OC(C)C2)cc1)N1CCC(COC)C1. The molecular weight excluding hydrogens is 352 g/mol. The maximum absolute atomic E-state index is 5.83. The summed E-state index contributed by atoms with van der Waals surface area (Å²) < 4.78 is 11.1. The Morgan fingerprint density at radius 3 is 2.46 bits per heavy atom. The lowest BCUT2D eigenvalue weighted by Crippen LogP contribution is -2.44. The number of likely N-dealkylation sites (tertiary alicyclic amines) is 1. The van der Waals surface area contributed by atoms with Crippen molar-refractivity contribution in [2.24, 2.45) is 10.9 Å². The molecular formula is C22H36N4O2. The molecule has 2 heterocycles. The second-order valence-electron chi connectivity index (χ2n) is 8.22. The molecule has 2 fully saturated rings. The normalized spacial score (nSPS) is 26.6. The van der Waals surface area contributed by atoms with Gasteiger partial charge in [0.1, 0.15) is 0 Å². The Bertz CT molecular complexity index is 624. The van der Waals surface area contributed by atoms with E-state index in [0.29, 0.717) is 18.1 Å². The van der Waals surface area contributed by atoms with Gasteiger partial charge in [0.05, 0.1) is 18.8 Å². The topological polar surface area (TPSA) is 49.3 Å². The number of rotatable bonds is 6. The van der Waals surface area contributed by atoms with Crippen molar-refractivity contribution in [2.45, 2.75) is 45.6 Å². The van der Waals surface area contributed by atoms with Crippen molar-refractivity contribution >= 4 is 5.96 Å². The van der Waals surface area contributed by atoms with Crippen LogP contribution in [0.2, 0.25) is 0 Å². The van der Waals surface area contributed by atoms with E-state index in [1.807, 2.05) is 7.05 Å². The van der Waals surface area contributed by atoms with Gasteiger partial charge in [-0.25, -0.2) is 0 Å². The van der Waals surface area contributed by atoms with E-state index < -0.39 is 0 Å². The quantitative estimate of drug-likeness (QED) is 0.599. The van der Waals surface area contributed by atoms with E-state index in [9.17, 15) is 0 Å². The molecule has 3 atom stereocenters. The lowest BCUT2D eigenvalue weighted by molar-refractivity contribution is -0.0704. The Morgan fingerprint density at radius 2 is 1.82 bits per heavy atom. The van der Waals surface area contributed by atoms with Crippen LogP contribution in [-0.2, 0) is 22.6 Å². The molecule has 6 nitrogen and oxygen atoms in total. The highest BCUT2D eigenvalue weighted by atomic mass is 16.5. The summed E-state index contributed by atoms with van der Waals surface area (Å²) in [6, 6.07) is 8.94. The second-order valence-corrected chi connectivity index (χ2v) is 8.22. The number of benzene rings is 1. The molecule has 0 aliphatic carbocycles. The van der Waals surface area contributed by atoms with Crippen LogP contribution in [0.3, 0.4) is 0 Å². The van der Waals surface area contributed by atoms with Gasteiger partial charge in [-0.1, -0.05) is 24.3 Å². The van der Waals surface area contributed by atoms with E-state index in [1.54, 1.807) is 7.11 Å². The number of hydrogen-bond donors (Lipinski definition) is 1. The van der Waals surface area contributed by atoms with Crippen molar-refractivity contribution in [2.75, 3.05) is 46.9 Å². The predicted molar refractivity (Wildman–Crippen MR) is 113 cm³/mol. The minimum atomic E-state index is 0.313. The fourth-order valence-electron chi connectivity index (χ4n) is 4.34. The molecule has 2 saturated heterocycles. The lowest BCUT2D eigenvalue weighted by atomic mass is 10.1. The van der Waals surface area contributed by atoms with E-state index >= 15 is 0 Å². The standard InChI is InChI=1S/C22H36N4O2/c1-17-12-25(13-18(2)28-17)14-20-7-5-19(6-8-20)11-24-22(23-3)26-10-9-21(15-26)16-27-4/h5-8,17-18,21H,9-16H2,1-4H3,(H,23,24). The van der Waals surface area contributed by atoms with Gasteiger partial charge in [-0.15, -0.1) is 0 Å². The molecule has 1 aromatic rings. The predicted octanol–water partition coefficient (Wildman–Crippen LogP) is 2.34. The number of morpholine rings is 1. The highest BCUT2D eigenvalue weighted by Crippen LogP contribution is 2.17. The third-order valence-corrected chi connectivity index (χ3v) is 5.57. The van der Waals surface area contributed by atoms with Crippen LogP contribution in [0.25, 0.3) is 0 Å². The van der Waals surface area contributed by atoms with E-state index in [1.165, 1.54) is 17.5 Å². The summed E-state index contributed by atoms with van der Waals surface area (Å²) in [6.45, 7) is 11.0. The molecule has 28 heavy (non-hydrogen) atoms. The minimum Gasteiger partial charge on any atom is -0.384 e. The summed E-state index contributed by atoms with van der Waals surface area (Å²) in [6.07, 6.45) is 1.79. The zero-order chi connectivity index (χ0) is 19.9. The Balaban J connectivity index is 1.47. The van der Waals surface area contributed by atoms with Gasteiger partial charge in [0.25, 0.3) is 0 Å². The molecule has 2 aliphatic heterocycles. The average Bonchev–Trinajstić information content (AvgIpc) is 3.11. The minimum absolute atomic E-state index is 0.313.